The van der Waals surface area contributed by atoms with Crippen LogP contribution in [0.15, 0.2) is 4.90 Å². The highest BCUT2D eigenvalue weighted by molar-refractivity contribution is 7.99. The second-order valence-electron chi connectivity index (χ2n) is 5.91. The van der Waals surface area contributed by atoms with E-state index in [1.165, 1.54) is 22.8 Å². The Morgan fingerprint density at radius 2 is 1.82 bits per heavy atom. The van der Waals surface area contributed by atoms with Gasteiger partial charge in [0, 0.05) is 39.3 Å². The van der Waals surface area contributed by atoms with Crippen molar-refractivity contribution in [3.63, 3.8) is 0 Å². The molecule has 120 valence electrons. The van der Waals surface area contributed by atoms with Gasteiger partial charge in [0.1, 0.15) is 5.82 Å². The number of ether oxygens (including phenoxy) is 1. The predicted molar refractivity (Wildman–Crippen MR) is 89.2 cm³/mol. The molecule has 1 aromatic heterocycles. The van der Waals surface area contributed by atoms with Gasteiger partial charge in [0.2, 0.25) is 5.95 Å². The van der Waals surface area contributed by atoms with Crippen molar-refractivity contribution in [1.29, 1.82) is 0 Å². The van der Waals surface area contributed by atoms with Crippen LogP contribution in [0.4, 0.5) is 11.8 Å². The number of fused-ring (bicyclic) bond motifs is 1. The molecular weight excluding hydrogens is 298 g/mol. The number of nitrogens with zero attached hydrogens (tertiary/aromatic N) is 4. The first-order valence-electron chi connectivity index (χ1n) is 8.24. The van der Waals surface area contributed by atoms with Crippen molar-refractivity contribution in [2.24, 2.45) is 0 Å². The second kappa shape index (κ2) is 6.60. The van der Waals surface area contributed by atoms with Gasteiger partial charge in [0.15, 0.2) is 0 Å². The van der Waals surface area contributed by atoms with Crippen molar-refractivity contribution in [3.8, 4) is 0 Å². The third-order valence-electron chi connectivity index (χ3n) is 4.42. The lowest BCUT2D eigenvalue weighted by molar-refractivity contribution is 0.122. The molecule has 0 amide bonds. The average Bonchev–Trinajstić information content (AvgIpc) is 2.62. The molecule has 0 aromatic carbocycles. The van der Waals surface area contributed by atoms with Crippen LogP contribution in [-0.4, -0.2) is 68.2 Å². The van der Waals surface area contributed by atoms with Crippen LogP contribution >= 0.6 is 11.8 Å². The summed E-state index contributed by atoms with van der Waals surface area (Å²) in [6.07, 6.45) is 2.31. The van der Waals surface area contributed by atoms with E-state index in [0.29, 0.717) is 0 Å². The minimum Gasteiger partial charge on any atom is -0.378 e. The van der Waals surface area contributed by atoms with E-state index < -0.39 is 0 Å². The van der Waals surface area contributed by atoms with E-state index in [1.54, 1.807) is 0 Å². The zero-order chi connectivity index (χ0) is 14.8. The lowest BCUT2D eigenvalue weighted by Gasteiger charge is -2.33. The van der Waals surface area contributed by atoms with Crippen LogP contribution in [0.1, 0.15) is 12.1 Å². The highest BCUT2D eigenvalue weighted by Gasteiger charge is 2.25. The average molecular weight is 321 g/mol. The first kappa shape index (κ1) is 14.5. The molecule has 0 unspecified atom stereocenters. The van der Waals surface area contributed by atoms with Gasteiger partial charge in [-0.3, -0.25) is 0 Å². The van der Waals surface area contributed by atoms with Crippen molar-refractivity contribution >= 4 is 23.5 Å². The summed E-state index contributed by atoms with van der Waals surface area (Å²) in [5.74, 6) is 3.25. The molecule has 3 aliphatic rings. The van der Waals surface area contributed by atoms with Crippen LogP contribution < -0.4 is 15.1 Å². The van der Waals surface area contributed by atoms with Crippen molar-refractivity contribution < 1.29 is 4.74 Å². The van der Waals surface area contributed by atoms with Gasteiger partial charge in [-0.1, -0.05) is 0 Å². The number of aryl methyl sites for hydroxylation is 1. The molecule has 0 saturated carbocycles. The van der Waals surface area contributed by atoms with Crippen LogP contribution in [0, 0.1) is 0 Å². The summed E-state index contributed by atoms with van der Waals surface area (Å²) >= 11 is 1.93. The topological polar surface area (TPSA) is 53.5 Å². The van der Waals surface area contributed by atoms with Gasteiger partial charge in [0.05, 0.1) is 23.8 Å². The number of piperazine rings is 1. The number of aromatic nitrogens is 2. The second-order valence-corrected chi connectivity index (χ2v) is 7.02. The first-order chi connectivity index (χ1) is 10.9. The lowest BCUT2D eigenvalue weighted by atomic mass is 10.2. The minimum absolute atomic E-state index is 0.798. The largest absolute Gasteiger partial charge is 0.378 e. The molecule has 22 heavy (non-hydrogen) atoms. The molecule has 7 heteroatoms. The Kier molecular flexibility index (Phi) is 4.36. The van der Waals surface area contributed by atoms with Crippen molar-refractivity contribution in [3.05, 3.63) is 5.69 Å². The third-order valence-corrected chi connectivity index (χ3v) is 5.62. The van der Waals surface area contributed by atoms with Gasteiger partial charge in [-0.15, -0.1) is 11.8 Å². The maximum Gasteiger partial charge on any atom is 0.227 e. The fourth-order valence-corrected chi connectivity index (χ4v) is 4.31. The van der Waals surface area contributed by atoms with Gasteiger partial charge < -0.3 is 19.9 Å². The summed E-state index contributed by atoms with van der Waals surface area (Å²) in [4.78, 5) is 15.9. The lowest BCUT2D eigenvalue weighted by Crippen LogP contribution is -2.45. The zero-order valence-electron chi connectivity index (χ0n) is 12.9. The molecule has 6 nitrogen and oxygen atoms in total. The van der Waals surface area contributed by atoms with E-state index in [9.17, 15) is 0 Å². The summed E-state index contributed by atoms with van der Waals surface area (Å²) in [6.45, 7) is 7.49. The van der Waals surface area contributed by atoms with E-state index in [1.807, 2.05) is 11.8 Å². The number of morpholine rings is 1. The van der Waals surface area contributed by atoms with Gasteiger partial charge >= 0.3 is 0 Å². The minimum atomic E-state index is 0.798. The molecular formula is C15H23N5OS. The quantitative estimate of drug-likeness (QED) is 0.863. The molecule has 1 N–H and O–H groups in total. The van der Waals surface area contributed by atoms with Crippen molar-refractivity contribution in [2.45, 2.75) is 17.7 Å². The molecule has 2 fully saturated rings. The number of anilines is 2. The molecule has 0 atom stereocenters. The molecule has 0 bridgehead atoms. The molecule has 1 aromatic rings. The Labute approximate surface area is 135 Å². The zero-order valence-corrected chi connectivity index (χ0v) is 13.7. The molecule has 3 aliphatic heterocycles. The van der Waals surface area contributed by atoms with Gasteiger partial charge in [-0.2, -0.15) is 4.98 Å². The highest BCUT2D eigenvalue weighted by atomic mass is 32.2. The number of thioether (sulfide) groups is 1. The SMILES string of the molecule is C1CSc2c(nc(N3CCNCC3)nc2N2CCOCC2)C1. The highest BCUT2D eigenvalue weighted by Crippen LogP contribution is 2.37. The van der Waals surface area contributed by atoms with Crippen LogP contribution in [0.3, 0.4) is 0 Å². The van der Waals surface area contributed by atoms with E-state index in [-0.39, 0.29) is 0 Å². The number of hydrogen-bond donors (Lipinski definition) is 1. The third kappa shape index (κ3) is 2.89. The standard InChI is InChI=1S/C15H23N5OS/c1-2-12-13(22-11-1)14(19-7-9-21-10-8-19)18-15(17-12)20-5-3-16-4-6-20/h16H,1-11H2. The van der Waals surface area contributed by atoms with Crippen LogP contribution in [0.5, 0.6) is 0 Å². The predicted octanol–water partition coefficient (Wildman–Crippen LogP) is 0.761. The van der Waals surface area contributed by atoms with E-state index >= 15 is 0 Å². The fourth-order valence-electron chi connectivity index (χ4n) is 3.20. The Morgan fingerprint density at radius 1 is 1.00 bits per heavy atom. The summed E-state index contributed by atoms with van der Waals surface area (Å²) < 4.78 is 5.50. The smallest absolute Gasteiger partial charge is 0.227 e. The molecule has 0 aliphatic carbocycles. The van der Waals surface area contributed by atoms with Gasteiger partial charge in [-0.25, -0.2) is 4.98 Å². The van der Waals surface area contributed by atoms with Gasteiger partial charge in [-0.05, 0) is 18.6 Å². The number of nitrogens with one attached hydrogen (secondary N) is 1. The number of hydrogen-bond acceptors (Lipinski definition) is 7. The van der Waals surface area contributed by atoms with Crippen LogP contribution in [0.25, 0.3) is 0 Å². The Morgan fingerprint density at radius 3 is 2.64 bits per heavy atom. The number of rotatable bonds is 2. The monoisotopic (exact) mass is 321 g/mol. The molecule has 2 saturated heterocycles. The Hall–Kier alpha value is -1.05. The van der Waals surface area contributed by atoms with Crippen molar-refractivity contribution in [2.75, 3.05) is 68.0 Å². The maximum atomic E-state index is 5.50. The molecule has 0 spiro atoms. The van der Waals surface area contributed by atoms with Crippen molar-refractivity contribution in [1.82, 2.24) is 15.3 Å². The Bertz CT molecular complexity index is 529. The maximum absolute atomic E-state index is 5.50. The normalized spacial score (nSPS) is 22.5. The first-order valence-corrected chi connectivity index (χ1v) is 9.22. The summed E-state index contributed by atoms with van der Waals surface area (Å²) in [6, 6.07) is 0. The summed E-state index contributed by atoms with van der Waals surface area (Å²) in [7, 11) is 0. The van der Waals surface area contributed by atoms with Gasteiger partial charge in [0.25, 0.3) is 0 Å². The molecule has 4 heterocycles. The molecule has 0 radical (unpaired) electrons. The van der Waals surface area contributed by atoms with E-state index in [2.05, 4.69) is 15.1 Å². The summed E-state index contributed by atoms with van der Waals surface area (Å²) in [5.41, 5.74) is 1.25. The van der Waals surface area contributed by atoms with E-state index in [4.69, 9.17) is 14.7 Å². The van der Waals surface area contributed by atoms with Crippen LogP contribution in [0.2, 0.25) is 0 Å². The van der Waals surface area contributed by atoms with E-state index in [0.717, 1.165) is 70.7 Å². The summed E-state index contributed by atoms with van der Waals surface area (Å²) in [5, 5.41) is 3.40. The Balaban J connectivity index is 1.70. The van der Waals surface area contributed by atoms with Crippen LogP contribution in [-0.2, 0) is 11.2 Å². The fraction of sp³-hybridized carbons (Fsp3) is 0.733. The molecule has 4 rings (SSSR count).